The number of rotatable bonds is 56. The van der Waals surface area contributed by atoms with Crippen LogP contribution >= 0.6 is 0 Å². The van der Waals surface area contributed by atoms with Gasteiger partial charge in [-0.3, -0.25) is 9.59 Å². The van der Waals surface area contributed by atoms with Gasteiger partial charge in [-0.1, -0.05) is 280 Å². The molecule has 0 aliphatic heterocycles. The summed E-state index contributed by atoms with van der Waals surface area (Å²) in [6, 6.07) is 0. The molecule has 0 heterocycles. The SMILES string of the molecule is CCCCCC/C=C\C/C=C\CCCCCCCCCC(=O)OCC(CO)OC(=O)CCCCCCCCCCCCCCCCCCCCCCCC/C=C\C/C=C\C/C=C\CCCCCCC. The fraction of sp³-hybridized carbons (Fsp3) is 0.812. The second-order valence-corrected chi connectivity index (χ2v) is 20.4. The van der Waals surface area contributed by atoms with Crippen LogP contribution in [0.5, 0.6) is 0 Å². The highest BCUT2D eigenvalue weighted by Crippen LogP contribution is 2.17. The first-order valence-corrected chi connectivity index (χ1v) is 30.3. The van der Waals surface area contributed by atoms with E-state index in [9.17, 15) is 14.7 Å². The van der Waals surface area contributed by atoms with Crippen molar-refractivity contribution in [1.82, 2.24) is 0 Å². The smallest absolute Gasteiger partial charge is 0.306 e. The van der Waals surface area contributed by atoms with Crippen molar-refractivity contribution in [1.29, 1.82) is 0 Å². The molecule has 1 unspecified atom stereocenters. The first kappa shape index (κ1) is 66.6. The van der Waals surface area contributed by atoms with Gasteiger partial charge in [0.05, 0.1) is 6.61 Å². The number of allylic oxidation sites excluding steroid dienone is 10. The number of ether oxygens (including phenoxy) is 2. The minimum atomic E-state index is -0.775. The average molecular weight is 966 g/mol. The highest BCUT2D eigenvalue weighted by molar-refractivity contribution is 5.70. The van der Waals surface area contributed by atoms with Gasteiger partial charge in [0.2, 0.25) is 0 Å². The molecule has 0 aromatic heterocycles. The number of aliphatic hydroxyl groups excluding tert-OH is 1. The molecule has 0 saturated carbocycles. The van der Waals surface area contributed by atoms with Gasteiger partial charge < -0.3 is 14.6 Å². The summed E-state index contributed by atoms with van der Waals surface area (Å²) in [6.07, 6.45) is 80.7. The summed E-state index contributed by atoms with van der Waals surface area (Å²) >= 11 is 0. The molecule has 1 atom stereocenters. The Bertz CT molecular complexity index is 1180. The zero-order chi connectivity index (χ0) is 49.9. The maximum absolute atomic E-state index is 12.3. The minimum absolute atomic E-state index is 0.0678. The van der Waals surface area contributed by atoms with Crippen molar-refractivity contribution in [2.75, 3.05) is 13.2 Å². The largest absolute Gasteiger partial charge is 0.462 e. The van der Waals surface area contributed by atoms with Crippen LogP contribution in [0.2, 0.25) is 0 Å². The van der Waals surface area contributed by atoms with E-state index in [-0.39, 0.29) is 25.2 Å². The van der Waals surface area contributed by atoms with Crippen LogP contribution in [0, 0.1) is 0 Å². The molecule has 0 aromatic carbocycles. The Kier molecular flexibility index (Phi) is 57.8. The van der Waals surface area contributed by atoms with E-state index in [1.807, 2.05) is 0 Å². The van der Waals surface area contributed by atoms with E-state index in [0.29, 0.717) is 12.8 Å². The Hall–Kier alpha value is -2.40. The maximum atomic E-state index is 12.3. The molecule has 0 fully saturated rings. The van der Waals surface area contributed by atoms with Crippen molar-refractivity contribution in [3.63, 3.8) is 0 Å². The number of hydrogen-bond acceptors (Lipinski definition) is 5. The van der Waals surface area contributed by atoms with Crippen molar-refractivity contribution in [2.24, 2.45) is 0 Å². The summed E-state index contributed by atoms with van der Waals surface area (Å²) in [5.41, 5.74) is 0. The lowest BCUT2D eigenvalue weighted by Gasteiger charge is -2.15. The number of hydrogen-bond donors (Lipinski definition) is 1. The first-order chi connectivity index (χ1) is 34.1. The molecule has 0 radical (unpaired) electrons. The fourth-order valence-corrected chi connectivity index (χ4v) is 8.95. The fourth-order valence-electron chi connectivity index (χ4n) is 8.95. The predicted octanol–water partition coefficient (Wildman–Crippen LogP) is 20.6. The van der Waals surface area contributed by atoms with Gasteiger partial charge in [0.15, 0.2) is 6.10 Å². The summed E-state index contributed by atoms with van der Waals surface area (Å²) in [5, 5.41) is 9.65. The summed E-state index contributed by atoms with van der Waals surface area (Å²) in [5.74, 6) is -0.587. The summed E-state index contributed by atoms with van der Waals surface area (Å²) in [7, 11) is 0. The number of carbonyl (C=O) groups is 2. The predicted molar refractivity (Wildman–Crippen MR) is 302 cm³/mol. The van der Waals surface area contributed by atoms with Gasteiger partial charge in [0.1, 0.15) is 6.61 Å². The Balaban J connectivity index is 3.42. The van der Waals surface area contributed by atoms with Crippen LogP contribution in [0.25, 0.3) is 0 Å². The molecular formula is C64H116O5. The molecule has 0 saturated heterocycles. The topological polar surface area (TPSA) is 72.8 Å². The number of carbonyl (C=O) groups excluding carboxylic acids is 2. The number of esters is 2. The van der Waals surface area contributed by atoms with E-state index in [1.54, 1.807) is 0 Å². The normalized spacial score (nSPS) is 12.6. The Morgan fingerprint density at radius 3 is 0.884 bits per heavy atom. The zero-order valence-corrected chi connectivity index (χ0v) is 46.1. The van der Waals surface area contributed by atoms with Crippen molar-refractivity contribution >= 4 is 11.9 Å². The lowest BCUT2D eigenvalue weighted by Crippen LogP contribution is -2.28. The van der Waals surface area contributed by atoms with Gasteiger partial charge in [-0.2, -0.15) is 0 Å². The van der Waals surface area contributed by atoms with Crippen LogP contribution < -0.4 is 0 Å². The van der Waals surface area contributed by atoms with Crippen LogP contribution in [-0.2, 0) is 19.1 Å². The molecule has 0 spiro atoms. The summed E-state index contributed by atoms with van der Waals surface area (Å²) in [4.78, 5) is 24.5. The Morgan fingerprint density at radius 1 is 0.333 bits per heavy atom. The molecule has 0 rings (SSSR count). The molecule has 0 aromatic rings. The standard InChI is InChI=1S/C64H116O5/c1-3-5-7-9-11-13-15-17-19-21-23-24-25-26-27-28-29-30-31-32-33-34-35-36-37-38-39-40-41-43-45-47-49-51-53-55-57-59-64(67)69-62(60-65)61-68-63(66)58-56-54-52-50-48-46-44-42-22-20-18-16-14-12-10-8-6-4-2/h14-17,20-23,25-26,62,65H,3-13,18-19,24,27-61H2,1-2H3/b16-14-,17-15-,22-20-,23-21-,26-25-. The first-order valence-electron chi connectivity index (χ1n) is 30.3. The second kappa shape index (κ2) is 59.9. The van der Waals surface area contributed by atoms with E-state index in [4.69, 9.17) is 9.47 Å². The Labute approximate surface area is 430 Å². The van der Waals surface area contributed by atoms with Gasteiger partial charge >= 0.3 is 11.9 Å². The molecule has 0 aliphatic rings. The summed E-state index contributed by atoms with van der Waals surface area (Å²) in [6.45, 7) is 4.14. The van der Waals surface area contributed by atoms with E-state index in [0.717, 1.165) is 57.8 Å². The number of aliphatic hydroxyl groups is 1. The molecular weight excluding hydrogens is 849 g/mol. The molecule has 1 N–H and O–H groups in total. The quantitative estimate of drug-likeness (QED) is 0.0373. The van der Waals surface area contributed by atoms with Crippen molar-refractivity contribution in [2.45, 2.75) is 322 Å². The third-order valence-electron chi connectivity index (χ3n) is 13.5. The third-order valence-corrected chi connectivity index (χ3v) is 13.5. The van der Waals surface area contributed by atoms with Gasteiger partial charge in [-0.05, 0) is 83.5 Å². The van der Waals surface area contributed by atoms with E-state index >= 15 is 0 Å². The van der Waals surface area contributed by atoms with Crippen molar-refractivity contribution in [3.8, 4) is 0 Å². The molecule has 69 heavy (non-hydrogen) atoms. The third kappa shape index (κ3) is 58.1. The summed E-state index contributed by atoms with van der Waals surface area (Å²) < 4.78 is 10.7. The second-order valence-electron chi connectivity index (χ2n) is 20.4. The number of unbranched alkanes of at least 4 members (excludes halogenated alkanes) is 38. The molecule has 0 amide bonds. The van der Waals surface area contributed by atoms with Gasteiger partial charge in [-0.25, -0.2) is 0 Å². The van der Waals surface area contributed by atoms with Crippen molar-refractivity contribution < 1.29 is 24.2 Å². The van der Waals surface area contributed by atoms with E-state index in [1.165, 1.54) is 231 Å². The van der Waals surface area contributed by atoms with Crippen LogP contribution in [-0.4, -0.2) is 36.4 Å². The molecule has 5 heteroatoms. The zero-order valence-electron chi connectivity index (χ0n) is 46.1. The lowest BCUT2D eigenvalue weighted by atomic mass is 10.0. The van der Waals surface area contributed by atoms with Gasteiger partial charge in [-0.15, -0.1) is 0 Å². The Morgan fingerprint density at radius 2 is 0.580 bits per heavy atom. The average Bonchev–Trinajstić information content (AvgIpc) is 3.35. The van der Waals surface area contributed by atoms with Crippen LogP contribution in [0.4, 0.5) is 0 Å². The molecule has 5 nitrogen and oxygen atoms in total. The molecule has 0 bridgehead atoms. The van der Waals surface area contributed by atoms with Crippen LogP contribution in [0.1, 0.15) is 316 Å². The van der Waals surface area contributed by atoms with E-state index in [2.05, 4.69) is 74.6 Å². The highest BCUT2D eigenvalue weighted by atomic mass is 16.6. The van der Waals surface area contributed by atoms with Gasteiger partial charge in [0, 0.05) is 12.8 Å². The minimum Gasteiger partial charge on any atom is -0.462 e. The monoisotopic (exact) mass is 965 g/mol. The van der Waals surface area contributed by atoms with Crippen LogP contribution in [0.15, 0.2) is 60.8 Å². The van der Waals surface area contributed by atoms with Gasteiger partial charge in [0.25, 0.3) is 0 Å². The highest BCUT2D eigenvalue weighted by Gasteiger charge is 2.16. The molecule has 0 aliphatic carbocycles. The van der Waals surface area contributed by atoms with E-state index < -0.39 is 6.10 Å². The maximum Gasteiger partial charge on any atom is 0.306 e. The van der Waals surface area contributed by atoms with Crippen molar-refractivity contribution in [3.05, 3.63) is 60.8 Å². The van der Waals surface area contributed by atoms with Crippen LogP contribution in [0.3, 0.4) is 0 Å². The molecule has 402 valence electrons. The lowest BCUT2D eigenvalue weighted by molar-refractivity contribution is -0.161.